The Morgan fingerprint density at radius 1 is 0.700 bits per heavy atom. The molecule has 0 aliphatic rings. The fourth-order valence-corrected chi connectivity index (χ4v) is 2.20. The van der Waals surface area contributed by atoms with Crippen molar-refractivity contribution in [3.8, 4) is 22.6 Å². The Bertz CT molecular complexity index is 594. The van der Waals surface area contributed by atoms with Gasteiger partial charge in [-0.15, -0.1) is 0 Å². The molecule has 20 heavy (non-hydrogen) atoms. The molecule has 0 saturated heterocycles. The molecule has 106 valence electrons. The highest BCUT2D eigenvalue weighted by atomic mass is 16.5. The molecule has 0 fully saturated rings. The van der Waals surface area contributed by atoms with E-state index in [1.807, 2.05) is 38.1 Å². The molecule has 0 aromatic heterocycles. The molecule has 0 aliphatic carbocycles. The first-order chi connectivity index (χ1) is 9.47. The third kappa shape index (κ3) is 2.37. The molecule has 0 bridgehead atoms. The lowest BCUT2D eigenvalue weighted by molar-refractivity contribution is 0.416. The largest absolute Gasteiger partial charge is 0.495 e. The van der Waals surface area contributed by atoms with E-state index in [1.54, 1.807) is 14.2 Å². The molecule has 0 heterocycles. The zero-order valence-corrected chi connectivity index (χ0v) is 12.3. The van der Waals surface area contributed by atoms with Crippen LogP contribution >= 0.6 is 0 Å². The molecule has 4 nitrogen and oxygen atoms in total. The number of benzene rings is 2. The average Bonchev–Trinajstić information content (AvgIpc) is 2.44. The molecule has 4 heteroatoms. The number of aryl methyl sites for hydroxylation is 2. The summed E-state index contributed by atoms with van der Waals surface area (Å²) >= 11 is 0. The predicted molar refractivity (Wildman–Crippen MR) is 83.3 cm³/mol. The monoisotopic (exact) mass is 272 g/mol. The maximum Gasteiger partial charge on any atom is 0.142 e. The summed E-state index contributed by atoms with van der Waals surface area (Å²) in [5.41, 5.74) is 17.3. The first-order valence-electron chi connectivity index (χ1n) is 6.36. The van der Waals surface area contributed by atoms with Gasteiger partial charge < -0.3 is 20.9 Å². The molecule has 2 rings (SSSR count). The van der Waals surface area contributed by atoms with Crippen molar-refractivity contribution in [2.45, 2.75) is 13.8 Å². The number of ether oxygens (including phenoxy) is 2. The Hall–Kier alpha value is -2.36. The van der Waals surface area contributed by atoms with E-state index >= 15 is 0 Å². The second kappa shape index (κ2) is 5.33. The highest BCUT2D eigenvalue weighted by molar-refractivity contribution is 5.76. The minimum atomic E-state index is 0.662. The van der Waals surface area contributed by atoms with Crippen LogP contribution in [-0.4, -0.2) is 14.2 Å². The fourth-order valence-electron chi connectivity index (χ4n) is 2.20. The van der Waals surface area contributed by atoms with Gasteiger partial charge >= 0.3 is 0 Å². The van der Waals surface area contributed by atoms with Crippen LogP contribution in [0, 0.1) is 13.8 Å². The normalized spacial score (nSPS) is 10.4. The van der Waals surface area contributed by atoms with E-state index in [9.17, 15) is 0 Å². The summed E-state index contributed by atoms with van der Waals surface area (Å²) in [7, 11) is 3.23. The van der Waals surface area contributed by atoms with Crippen LogP contribution in [0.5, 0.6) is 11.5 Å². The topological polar surface area (TPSA) is 70.5 Å². The van der Waals surface area contributed by atoms with Gasteiger partial charge in [0, 0.05) is 0 Å². The first kappa shape index (κ1) is 14.1. The molecular formula is C16H20N2O2. The van der Waals surface area contributed by atoms with E-state index < -0.39 is 0 Å². The third-order valence-electron chi connectivity index (χ3n) is 3.47. The predicted octanol–water partition coefficient (Wildman–Crippen LogP) is 3.15. The highest BCUT2D eigenvalue weighted by Crippen LogP contribution is 2.36. The Balaban J connectivity index is 2.62. The average molecular weight is 272 g/mol. The first-order valence-corrected chi connectivity index (χ1v) is 6.36. The van der Waals surface area contributed by atoms with Crippen LogP contribution in [0.15, 0.2) is 24.3 Å². The third-order valence-corrected chi connectivity index (χ3v) is 3.47. The van der Waals surface area contributed by atoms with Crippen LogP contribution < -0.4 is 20.9 Å². The van der Waals surface area contributed by atoms with Gasteiger partial charge in [0.25, 0.3) is 0 Å². The van der Waals surface area contributed by atoms with Gasteiger partial charge in [0.1, 0.15) is 11.5 Å². The van der Waals surface area contributed by atoms with Crippen LogP contribution in [0.2, 0.25) is 0 Å². The van der Waals surface area contributed by atoms with Crippen LogP contribution in [0.25, 0.3) is 11.1 Å². The van der Waals surface area contributed by atoms with Gasteiger partial charge in [-0.3, -0.25) is 0 Å². The second-order valence-electron chi connectivity index (χ2n) is 4.82. The van der Waals surface area contributed by atoms with E-state index in [0.717, 1.165) is 22.3 Å². The lowest BCUT2D eigenvalue weighted by Crippen LogP contribution is -1.98. The minimum absolute atomic E-state index is 0.662. The van der Waals surface area contributed by atoms with Crippen LogP contribution in [0.1, 0.15) is 11.1 Å². The molecule has 0 atom stereocenters. The van der Waals surface area contributed by atoms with Gasteiger partial charge in [-0.05, 0) is 60.4 Å². The maximum atomic E-state index is 5.98. The summed E-state index contributed by atoms with van der Waals surface area (Å²) in [4.78, 5) is 0. The van der Waals surface area contributed by atoms with Gasteiger partial charge in [-0.25, -0.2) is 0 Å². The van der Waals surface area contributed by atoms with Crippen molar-refractivity contribution in [2.24, 2.45) is 0 Å². The second-order valence-corrected chi connectivity index (χ2v) is 4.82. The number of nitrogen functional groups attached to an aromatic ring is 2. The molecule has 0 spiro atoms. The number of nitrogens with two attached hydrogens (primary N) is 2. The zero-order valence-electron chi connectivity index (χ0n) is 12.3. The number of methoxy groups -OCH3 is 2. The summed E-state index contributed by atoms with van der Waals surface area (Å²) in [5.74, 6) is 1.35. The molecule has 0 aliphatic heterocycles. The highest BCUT2D eigenvalue weighted by Gasteiger charge is 2.11. The summed E-state index contributed by atoms with van der Waals surface area (Å²) in [6, 6.07) is 7.91. The number of hydrogen-bond donors (Lipinski definition) is 2. The number of hydrogen-bond acceptors (Lipinski definition) is 4. The van der Waals surface area contributed by atoms with E-state index in [-0.39, 0.29) is 0 Å². The maximum absolute atomic E-state index is 5.98. The van der Waals surface area contributed by atoms with E-state index in [0.29, 0.717) is 22.9 Å². The standard InChI is InChI=1S/C16H20N2O2/c1-9-5-11(7-13(19-3)15(9)17)12-6-10(2)16(18)14(8-12)20-4/h5-8H,17-18H2,1-4H3. The number of rotatable bonds is 3. The van der Waals surface area contributed by atoms with Crippen molar-refractivity contribution < 1.29 is 9.47 Å². The fraction of sp³-hybridized carbons (Fsp3) is 0.250. The SMILES string of the molecule is COc1cc(-c2cc(C)c(N)c(OC)c2)cc(C)c1N. The Labute approximate surface area is 119 Å². The van der Waals surface area contributed by atoms with Crippen LogP contribution in [0.4, 0.5) is 11.4 Å². The summed E-state index contributed by atoms with van der Waals surface area (Å²) in [6.45, 7) is 3.92. The lowest BCUT2D eigenvalue weighted by Gasteiger charge is -2.14. The van der Waals surface area contributed by atoms with Crippen molar-refractivity contribution in [1.29, 1.82) is 0 Å². The van der Waals surface area contributed by atoms with Gasteiger partial charge in [0.05, 0.1) is 25.6 Å². The summed E-state index contributed by atoms with van der Waals surface area (Å²) < 4.78 is 10.6. The van der Waals surface area contributed by atoms with Crippen molar-refractivity contribution in [3.05, 3.63) is 35.4 Å². The van der Waals surface area contributed by atoms with Crippen molar-refractivity contribution in [1.82, 2.24) is 0 Å². The van der Waals surface area contributed by atoms with Gasteiger partial charge in [-0.1, -0.05) is 0 Å². The molecular weight excluding hydrogens is 252 g/mol. The Morgan fingerprint density at radius 2 is 1.05 bits per heavy atom. The van der Waals surface area contributed by atoms with Crippen LogP contribution in [-0.2, 0) is 0 Å². The molecule has 2 aromatic carbocycles. The van der Waals surface area contributed by atoms with Crippen molar-refractivity contribution in [2.75, 3.05) is 25.7 Å². The van der Waals surface area contributed by atoms with Gasteiger partial charge in [0.2, 0.25) is 0 Å². The van der Waals surface area contributed by atoms with E-state index in [4.69, 9.17) is 20.9 Å². The number of anilines is 2. The molecule has 0 unspecified atom stereocenters. The lowest BCUT2D eigenvalue weighted by atomic mass is 9.99. The summed E-state index contributed by atoms with van der Waals surface area (Å²) in [5, 5.41) is 0. The van der Waals surface area contributed by atoms with Gasteiger partial charge in [-0.2, -0.15) is 0 Å². The molecule has 0 saturated carbocycles. The van der Waals surface area contributed by atoms with E-state index in [1.165, 1.54) is 0 Å². The quantitative estimate of drug-likeness (QED) is 0.842. The van der Waals surface area contributed by atoms with Crippen LogP contribution in [0.3, 0.4) is 0 Å². The molecule has 0 amide bonds. The van der Waals surface area contributed by atoms with E-state index in [2.05, 4.69) is 0 Å². The minimum Gasteiger partial charge on any atom is -0.495 e. The molecule has 0 radical (unpaired) electrons. The van der Waals surface area contributed by atoms with Crippen molar-refractivity contribution >= 4 is 11.4 Å². The summed E-state index contributed by atoms with van der Waals surface area (Å²) in [6.07, 6.45) is 0. The zero-order chi connectivity index (χ0) is 14.9. The smallest absolute Gasteiger partial charge is 0.142 e. The van der Waals surface area contributed by atoms with Crippen molar-refractivity contribution in [3.63, 3.8) is 0 Å². The Kier molecular flexibility index (Phi) is 3.74. The van der Waals surface area contributed by atoms with Gasteiger partial charge in [0.15, 0.2) is 0 Å². The molecule has 2 aromatic rings. The Morgan fingerprint density at radius 3 is 1.35 bits per heavy atom. The molecule has 4 N–H and O–H groups in total.